The number of fused-ring (bicyclic) bond motifs is 1. The number of aromatic amines is 1. The van der Waals surface area contributed by atoms with E-state index in [4.69, 9.17) is 4.74 Å². The van der Waals surface area contributed by atoms with Gasteiger partial charge in [0.15, 0.2) is 0 Å². The van der Waals surface area contributed by atoms with E-state index in [1.165, 1.54) is 4.90 Å². The van der Waals surface area contributed by atoms with Crippen LogP contribution in [0.3, 0.4) is 0 Å². The summed E-state index contributed by atoms with van der Waals surface area (Å²) >= 11 is 0. The third-order valence-corrected chi connectivity index (χ3v) is 5.03. The Bertz CT molecular complexity index is 1050. The Morgan fingerprint density at radius 2 is 1.97 bits per heavy atom. The minimum atomic E-state index is -0.804. The van der Waals surface area contributed by atoms with Gasteiger partial charge in [-0.15, -0.1) is 0 Å². The minimum absolute atomic E-state index is 0.0555. The molecule has 1 atom stereocenters. The second kappa shape index (κ2) is 8.28. The molecule has 8 heteroatoms. The summed E-state index contributed by atoms with van der Waals surface area (Å²) in [5.41, 5.74) is 2.75. The monoisotopic (exact) mass is 405 g/mol. The Balaban J connectivity index is 1.42. The van der Waals surface area contributed by atoms with Gasteiger partial charge in [0, 0.05) is 19.8 Å². The number of ether oxygens (including phenoxy) is 1. The first-order valence-corrected chi connectivity index (χ1v) is 9.63. The van der Waals surface area contributed by atoms with Gasteiger partial charge in [0.1, 0.15) is 24.1 Å². The zero-order valence-corrected chi connectivity index (χ0v) is 16.8. The van der Waals surface area contributed by atoms with E-state index in [9.17, 15) is 9.59 Å². The van der Waals surface area contributed by atoms with Gasteiger partial charge in [-0.3, -0.25) is 14.7 Å². The predicted molar refractivity (Wildman–Crippen MR) is 114 cm³/mol. The van der Waals surface area contributed by atoms with Crippen molar-refractivity contribution in [2.45, 2.75) is 12.6 Å². The maximum atomic E-state index is 12.8. The van der Waals surface area contributed by atoms with Crippen LogP contribution >= 0.6 is 0 Å². The maximum absolute atomic E-state index is 12.8. The Labute approximate surface area is 174 Å². The average Bonchev–Trinajstić information content (AvgIpc) is 3.20. The maximum Gasteiger partial charge on any atom is 0.272 e. The van der Waals surface area contributed by atoms with E-state index in [1.807, 2.05) is 54.4 Å². The van der Waals surface area contributed by atoms with E-state index >= 15 is 0 Å². The molecule has 3 aromatic rings. The van der Waals surface area contributed by atoms with Crippen LogP contribution in [-0.4, -0.2) is 48.8 Å². The summed E-state index contributed by atoms with van der Waals surface area (Å²) in [6.45, 7) is 0.619. The molecule has 4 rings (SSSR count). The van der Waals surface area contributed by atoms with Gasteiger partial charge in [-0.1, -0.05) is 30.3 Å². The van der Waals surface area contributed by atoms with Crippen LogP contribution in [0.25, 0.3) is 0 Å². The lowest BCUT2D eigenvalue weighted by atomic mass is 10.2. The Morgan fingerprint density at radius 1 is 1.23 bits per heavy atom. The van der Waals surface area contributed by atoms with Gasteiger partial charge < -0.3 is 19.9 Å². The summed E-state index contributed by atoms with van der Waals surface area (Å²) < 4.78 is 5.73. The molecule has 0 fully saturated rings. The second-order valence-corrected chi connectivity index (χ2v) is 7.17. The normalized spacial score (nSPS) is 15.7. The Morgan fingerprint density at radius 3 is 2.77 bits per heavy atom. The van der Waals surface area contributed by atoms with E-state index in [0.717, 1.165) is 11.4 Å². The van der Waals surface area contributed by atoms with Crippen LogP contribution in [0.2, 0.25) is 0 Å². The van der Waals surface area contributed by atoms with Gasteiger partial charge >= 0.3 is 0 Å². The number of benzene rings is 2. The third-order valence-electron chi connectivity index (χ3n) is 5.03. The molecule has 0 radical (unpaired) electrons. The molecule has 154 valence electrons. The molecule has 1 aliphatic heterocycles. The standard InChI is InChI=1S/C22H23N5O3/c1-26(16-8-4-3-5-9-16)13-15-12-17(25-24-15)21(28)23-18-14-30-20-11-7-6-10-19(20)27(2)22(18)29/h3-12,18H,13-14H2,1-2H3,(H,23,28)(H,24,25). The smallest absolute Gasteiger partial charge is 0.272 e. The van der Waals surface area contributed by atoms with E-state index < -0.39 is 11.9 Å². The van der Waals surface area contributed by atoms with Gasteiger partial charge in [-0.25, -0.2) is 0 Å². The highest BCUT2D eigenvalue weighted by Crippen LogP contribution is 2.29. The number of hydrogen-bond donors (Lipinski definition) is 2. The number of para-hydroxylation sites is 3. The fourth-order valence-electron chi connectivity index (χ4n) is 3.38. The molecular formula is C22H23N5O3. The van der Waals surface area contributed by atoms with Gasteiger partial charge in [0.05, 0.1) is 17.9 Å². The number of H-pyrrole nitrogens is 1. The van der Waals surface area contributed by atoms with E-state index in [0.29, 0.717) is 18.0 Å². The number of carbonyl (C=O) groups excluding carboxylic acids is 2. The van der Waals surface area contributed by atoms with Crippen molar-refractivity contribution in [2.75, 3.05) is 30.5 Å². The molecule has 0 saturated heterocycles. The number of nitrogens with one attached hydrogen (secondary N) is 2. The molecule has 0 aliphatic carbocycles. The molecule has 2 aromatic carbocycles. The van der Waals surface area contributed by atoms with Crippen LogP contribution in [-0.2, 0) is 11.3 Å². The molecule has 1 aliphatic rings. The first-order chi connectivity index (χ1) is 14.5. The zero-order valence-electron chi connectivity index (χ0n) is 16.8. The lowest BCUT2D eigenvalue weighted by Gasteiger charge is -2.20. The van der Waals surface area contributed by atoms with E-state index in [2.05, 4.69) is 15.5 Å². The SMILES string of the molecule is CN(Cc1cc(C(=O)NC2COc3ccccc3N(C)C2=O)n[nH]1)c1ccccc1. The highest BCUT2D eigenvalue weighted by atomic mass is 16.5. The molecule has 2 heterocycles. The first kappa shape index (κ1) is 19.5. The van der Waals surface area contributed by atoms with E-state index in [-0.39, 0.29) is 18.2 Å². The molecule has 8 nitrogen and oxygen atoms in total. The van der Waals surface area contributed by atoms with Crippen molar-refractivity contribution < 1.29 is 14.3 Å². The number of nitrogens with zero attached hydrogens (tertiary/aromatic N) is 3. The van der Waals surface area contributed by atoms with Crippen molar-refractivity contribution in [3.63, 3.8) is 0 Å². The Hall–Kier alpha value is -3.81. The average molecular weight is 405 g/mol. The van der Waals surface area contributed by atoms with Crippen molar-refractivity contribution in [1.29, 1.82) is 0 Å². The van der Waals surface area contributed by atoms with Crippen LogP contribution in [0.5, 0.6) is 5.75 Å². The molecular weight excluding hydrogens is 382 g/mol. The number of amides is 2. The summed E-state index contributed by atoms with van der Waals surface area (Å²) in [4.78, 5) is 29.0. The molecule has 1 unspecified atom stereocenters. The van der Waals surface area contributed by atoms with Crippen molar-refractivity contribution in [2.24, 2.45) is 0 Å². The minimum Gasteiger partial charge on any atom is -0.489 e. The van der Waals surface area contributed by atoms with Gasteiger partial charge in [0.2, 0.25) is 0 Å². The fraction of sp³-hybridized carbons (Fsp3) is 0.227. The molecule has 2 N–H and O–H groups in total. The second-order valence-electron chi connectivity index (χ2n) is 7.17. The number of anilines is 2. The summed E-state index contributed by atoms with van der Waals surface area (Å²) in [5, 5.41) is 9.74. The largest absolute Gasteiger partial charge is 0.489 e. The molecule has 30 heavy (non-hydrogen) atoms. The lowest BCUT2D eigenvalue weighted by Crippen LogP contribution is -2.49. The van der Waals surface area contributed by atoms with Crippen LogP contribution in [0.1, 0.15) is 16.2 Å². The first-order valence-electron chi connectivity index (χ1n) is 9.63. The quantitative estimate of drug-likeness (QED) is 0.679. The summed E-state index contributed by atoms with van der Waals surface area (Å²) in [7, 11) is 3.63. The summed E-state index contributed by atoms with van der Waals surface area (Å²) in [5.74, 6) is -0.0647. The Kier molecular flexibility index (Phi) is 5.38. The highest BCUT2D eigenvalue weighted by molar-refractivity contribution is 6.02. The lowest BCUT2D eigenvalue weighted by molar-refractivity contribution is -0.120. The molecule has 1 aromatic heterocycles. The topological polar surface area (TPSA) is 90.6 Å². The zero-order chi connectivity index (χ0) is 21.1. The van der Waals surface area contributed by atoms with Crippen molar-refractivity contribution in [3.8, 4) is 5.75 Å². The number of carbonyl (C=O) groups is 2. The van der Waals surface area contributed by atoms with Crippen molar-refractivity contribution in [3.05, 3.63) is 72.1 Å². The molecule has 0 bridgehead atoms. The van der Waals surface area contributed by atoms with Gasteiger partial charge in [0.25, 0.3) is 11.8 Å². The number of hydrogen-bond acceptors (Lipinski definition) is 5. The summed E-state index contributed by atoms with van der Waals surface area (Å²) in [6.07, 6.45) is 0. The van der Waals surface area contributed by atoms with Crippen molar-refractivity contribution in [1.82, 2.24) is 15.5 Å². The van der Waals surface area contributed by atoms with Gasteiger partial charge in [-0.05, 0) is 30.3 Å². The van der Waals surface area contributed by atoms with Crippen LogP contribution in [0, 0.1) is 0 Å². The van der Waals surface area contributed by atoms with Crippen LogP contribution in [0.15, 0.2) is 60.7 Å². The molecule has 0 saturated carbocycles. The molecule has 2 amide bonds. The number of rotatable bonds is 5. The molecule has 0 spiro atoms. The highest BCUT2D eigenvalue weighted by Gasteiger charge is 2.31. The number of likely N-dealkylation sites (N-methyl/N-ethyl adjacent to an activating group) is 1. The van der Waals surface area contributed by atoms with Gasteiger partial charge in [-0.2, -0.15) is 5.10 Å². The number of aromatic nitrogens is 2. The van der Waals surface area contributed by atoms with Crippen LogP contribution < -0.4 is 19.9 Å². The van der Waals surface area contributed by atoms with Crippen LogP contribution in [0.4, 0.5) is 11.4 Å². The third kappa shape index (κ3) is 3.98. The van der Waals surface area contributed by atoms with Crippen molar-refractivity contribution >= 4 is 23.2 Å². The fourth-order valence-corrected chi connectivity index (χ4v) is 3.38. The summed E-state index contributed by atoms with van der Waals surface area (Å²) in [6, 6.07) is 18.1. The van der Waals surface area contributed by atoms with E-state index in [1.54, 1.807) is 25.2 Å². The predicted octanol–water partition coefficient (Wildman–Crippen LogP) is 2.20.